The van der Waals surface area contributed by atoms with Crippen LogP contribution in [-0.4, -0.2) is 68.1 Å². The van der Waals surface area contributed by atoms with E-state index < -0.39 is 0 Å². The molecule has 1 fully saturated rings. The van der Waals surface area contributed by atoms with Crippen molar-refractivity contribution >= 4 is 22.8 Å². The first-order valence-electron chi connectivity index (χ1n) is 9.30. The van der Waals surface area contributed by atoms with Crippen LogP contribution in [0.3, 0.4) is 0 Å². The summed E-state index contributed by atoms with van der Waals surface area (Å²) < 4.78 is 5.79. The van der Waals surface area contributed by atoms with E-state index in [1.54, 1.807) is 0 Å². The third-order valence-corrected chi connectivity index (χ3v) is 4.52. The molecule has 0 aliphatic heterocycles. The first kappa shape index (κ1) is 18.7. The molecule has 0 radical (unpaired) electrons. The Morgan fingerprint density at radius 1 is 1.23 bits per heavy atom. The maximum absolute atomic E-state index is 12.0. The van der Waals surface area contributed by atoms with Crippen molar-refractivity contribution < 1.29 is 9.21 Å². The van der Waals surface area contributed by atoms with Crippen molar-refractivity contribution in [2.45, 2.75) is 25.2 Å². The first-order chi connectivity index (χ1) is 12.5. The maximum atomic E-state index is 12.0. The van der Waals surface area contributed by atoms with Crippen LogP contribution in [0.5, 0.6) is 0 Å². The van der Waals surface area contributed by atoms with Crippen LogP contribution in [0.15, 0.2) is 22.6 Å². The number of aromatic nitrogens is 1. The summed E-state index contributed by atoms with van der Waals surface area (Å²) in [4.78, 5) is 21.0. The van der Waals surface area contributed by atoms with E-state index in [1.807, 2.05) is 18.2 Å². The second kappa shape index (κ2) is 8.51. The van der Waals surface area contributed by atoms with Crippen molar-refractivity contribution in [2.24, 2.45) is 0 Å². The predicted molar refractivity (Wildman–Crippen MR) is 104 cm³/mol. The summed E-state index contributed by atoms with van der Waals surface area (Å²) in [6, 6.07) is 5.39. The molecule has 1 aliphatic carbocycles. The number of urea groups is 1. The van der Waals surface area contributed by atoms with Crippen LogP contribution in [0, 0.1) is 0 Å². The molecule has 1 saturated carbocycles. The summed E-state index contributed by atoms with van der Waals surface area (Å²) in [5.74, 6) is 1.30. The molecule has 0 atom stereocenters. The van der Waals surface area contributed by atoms with Gasteiger partial charge in [-0.1, -0.05) is 0 Å². The van der Waals surface area contributed by atoms with E-state index in [0.29, 0.717) is 12.5 Å². The highest BCUT2D eigenvalue weighted by Crippen LogP contribution is 2.40. The zero-order chi connectivity index (χ0) is 18.5. The lowest BCUT2D eigenvalue weighted by Gasteiger charge is -2.19. The van der Waals surface area contributed by atoms with Crippen molar-refractivity contribution in [1.29, 1.82) is 0 Å². The van der Waals surface area contributed by atoms with Gasteiger partial charge in [-0.25, -0.2) is 9.78 Å². The van der Waals surface area contributed by atoms with Gasteiger partial charge in [0, 0.05) is 37.3 Å². The van der Waals surface area contributed by atoms with Gasteiger partial charge in [-0.05, 0) is 59.1 Å². The molecule has 0 unspecified atom stereocenters. The lowest BCUT2D eigenvalue weighted by molar-refractivity contribution is 0.249. The van der Waals surface area contributed by atoms with Gasteiger partial charge in [-0.2, -0.15) is 0 Å². The number of nitrogens with one attached hydrogen (secondary N) is 2. The molecule has 0 bridgehead atoms. The number of nitrogens with zero attached hydrogens (tertiary/aromatic N) is 3. The Balaban J connectivity index is 1.39. The lowest BCUT2D eigenvalue weighted by Crippen LogP contribution is -2.33. The second-order valence-electron chi connectivity index (χ2n) is 7.35. The Morgan fingerprint density at radius 3 is 2.77 bits per heavy atom. The molecule has 2 aromatic rings. The molecular weight excluding hydrogens is 330 g/mol. The van der Waals surface area contributed by atoms with Gasteiger partial charge in [0.25, 0.3) is 0 Å². The number of benzene rings is 1. The van der Waals surface area contributed by atoms with E-state index in [0.717, 1.165) is 61.6 Å². The standard InChI is InChI=1S/C19H29N5O2/c1-23(2)11-12-24(3)10-4-9-20-19(25)21-15-7-8-16-17(13-15)26-18(22-16)14-5-6-14/h7-8,13-14H,4-6,9-12H2,1-3H3,(H2,20,21,25). The molecule has 7 nitrogen and oxygen atoms in total. The number of hydrogen-bond acceptors (Lipinski definition) is 5. The highest BCUT2D eigenvalue weighted by atomic mass is 16.3. The van der Waals surface area contributed by atoms with Gasteiger partial charge in [0.1, 0.15) is 5.52 Å². The smallest absolute Gasteiger partial charge is 0.319 e. The van der Waals surface area contributed by atoms with Gasteiger partial charge < -0.3 is 24.9 Å². The summed E-state index contributed by atoms with van der Waals surface area (Å²) in [6.07, 6.45) is 3.23. The van der Waals surface area contributed by atoms with Crippen molar-refractivity contribution in [1.82, 2.24) is 20.1 Å². The second-order valence-corrected chi connectivity index (χ2v) is 7.35. The Labute approximate surface area is 154 Å². The van der Waals surface area contributed by atoms with E-state index in [9.17, 15) is 4.79 Å². The van der Waals surface area contributed by atoms with E-state index >= 15 is 0 Å². The van der Waals surface area contributed by atoms with E-state index in [1.165, 1.54) is 0 Å². The van der Waals surface area contributed by atoms with Crippen LogP contribution < -0.4 is 10.6 Å². The fourth-order valence-electron chi connectivity index (χ4n) is 2.73. The van der Waals surface area contributed by atoms with E-state index in [-0.39, 0.29) is 6.03 Å². The van der Waals surface area contributed by atoms with Crippen LogP contribution in [0.2, 0.25) is 0 Å². The molecule has 1 heterocycles. The van der Waals surface area contributed by atoms with Crippen molar-refractivity contribution in [3.05, 3.63) is 24.1 Å². The minimum atomic E-state index is -0.192. The molecule has 3 rings (SSSR count). The largest absolute Gasteiger partial charge is 0.440 e. The molecule has 26 heavy (non-hydrogen) atoms. The van der Waals surface area contributed by atoms with Gasteiger partial charge in [0.15, 0.2) is 11.5 Å². The van der Waals surface area contributed by atoms with Crippen molar-refractivity contribution in [3.8, 4) is 0 Å². The normalized spacial score (nSPS) is 14.3. The molecule has 0 spiro atoms. The highest BCUT2D eigenvalue weighted by molar-refractivity contribution is 5.91. The summed E-state index contributed by atoms with van der Waals surface area (Å²) in [5.41, 5.74) is 2.29. The van der Waals surface area contributed by atoms with Crippen LogP contribution in [-0.2, 0) is 0 Å². The molecule has 1 aromatic carbocycles. The van der Waals surface area contributed by atoms with Gasteiger partial charge >= 0.3 is 6.03 Å². The highest BCUT2D eigenvalue weighted by Gasteiger charge is 2.28. The number of anilines is 1. The van der Waals surface area contributed by atoms with E-state index in [2.05, 4.69) is 46.6 Å². The summed E-state index contributed by atoms with van der Waals surface area (Å²) in [7, 11) is 6.25. The molecule has 2 N–H and O–H groups in total. The zero-order valence-corrected chi connectivity index (χ0v) is 15.9. The molecule has 2 amide bonds. The number of carbonyl (C=O) groups is 1. The molecule has 7 heteroatoms. The summed E-state index contributed by atoms with van der Waals surface area (Å²) in [5, 5.41) is 5.76. The fourth-order valence-corrected chi connectivity index (χ4v) is 2.73. The SMILES string of the molecule is CN(C)CCN(C)CCCNC(=O)Nc1ccc2nc(C3CC3)oc2c1. The van der Waals surface area contributed by atoms with Gasteiger partial charge in [0.2, 0.25) is 0 Å². The summed E-state index contributed by atoms with van der Waals surface area (Å²) >= 11 is 0. The minimum Gasteiger partial charge on any atom is -0.440 e. The Kier molecular flexibility index (Phi) is 6.11. The van der Waals surface area contributed by atoms with Gasteiger partial charge in [0.05, 0.1) is 0 Å². The Bertz CT molecular complexity index is 739. The third-order valence-electron chi connectivity index (χ3n) is 4.52. The number of oxazole rings is 1. The van der Waals surface area contributed by atoms with Crippen molar-refractivity contribution in [3.63, 3.8) is 0 Å². The number of rotatable bonds is 9. The minimum absolute atomic E-state index is 0.192. The summed E-state index contributed by atoms with van der Waals surface area (Å²) in [6.45, 7) is 3.67. The Hall–Kier alpha value is -2.12. The number of fused-ring (bicyclic) bond motifs is 1. The van der Waals surface area contributed by atoms with Crippen LogP contribution in [0.25, 0.3) is 11.1 Å². The van der Waals surface area contributed by atoms with Crippen LogP contribution >= 0.6 is 0 Å². The monoisotopic (exact) mass is 359 g/mol. The topological polar surface area (TPSA) is 73.6 Å². The van der Waals surface area contributed by atoms with Crippen LogP contribution in [0.1, 0.15) is 31.1 Å². The zero-order valence-electron chi connectivity index (χ0n) is 15.9. The third kappa shape index (κ3) is 5.44. The average molecular weight is 359 g/mol. The molecular formula is C19H29N5O2. The number of carbonyl (C=O) groups excluding carboxylic acids is 1. The molecule has 0 saturated heterocycles. The Morgan fingerprint density at radius 2 is 2.04 bits per heavy atom. The molecule has 1 aromatic heterocycles. The molecule has 142 valence electrons. The van der Waals surface area contributed by atoms with E-state index in [4.69, 9.17) is 4.42 Å². The average Bonchev–Trinajstić information content (AvgIpc) is 3.36. The fraction of sp³-hybridized carbons (Fsp3) is 0.579. The van der Waals surface area contributed by atoms with Crippen molar-refractivity contribution in [2.75, 3.05) is 52.6 Å². The lowest BCUT2D eigenvalue weighted by atomic mass is 10.3. The number of likely N-dealkylation sites (N-methyl/N-ethyl adjacent to an activating group) is 2. The van der Waals surface area contributed by atoms with Gasteiger partial charge in [-0.3, -0.25) is 0 Å². The van der Waals surface area contributed by atoms with Gasteiger partial charge in [-0.15, -0.1) is 0 Å². The maximum Gasteiger partial charge on any atom is 0.319 e. The number of hydrogen-bond donors (Lipinski definition) is 2. The molecule has 1 aliphatic rings. The van der Waals surface area contributed by atoms with Crippen LogP contribution in [0.4, 0.5) is 10.5 Å². The quantitative estimate of drug-likeness (QED) is 0.674. The number of amides is 2. The predicted octanol–water partition coefficient (Wildman–Crippen LogP) is 2.71. The first-order valence-corrected chi connectivity index (χ1v) is 9.30.